The van der Waals surface area contributed by atoms with Crippen LogP contribution in [0.3, 0.4) is 0 Å². The minimum Gasteiger partial charge on any atom is -0.454 e. The summed E-state index contributed by atoms with van der Waals surface area (Å²) in [6.07, 6.45) is 67.2. The Morgan fingerprint density at radius 1 is 0.506 bits per heavy atom. The summed E-state index contributed by atoms with van der Waals surface area (Å²) in [5.74, 6) is -1.28. The van der Waals surface area contributed by atoms with Gasteiger partial charge >= 0.3 is 5.97 Å². The van der Waals surface area contributed by atoms with Crippen molar-refractivity contribution in [1.29, 1.82) is 0 Å². The number of aliphatic hydroxyl groups excluding tert-OH is 5. The van der Waals surface area contributed by atoms with Gasteiger partial charge in [0.1, 0.15) is 24.4 Å². The molecule has 0 radical (unpaired) electrons. The second-order valence-electron chi connectivity index (χ2n) is 22.2. The average molecular weight is 1130 g/mol. The lowest BCUT2D eigenvalue weighted by Gasteiger charge is -2.41. The molecule has 1 saturated heterocycles. The maximum Gasteiger partial charge on any atom is 0.306 e. The van der Waals surface area contributed by atoms with E-state index in [2.05, 4.69) is 68.6 Å². The minimum absolute atomic E-state index is 0.0229. The number of allylic oxidation sites excluding steroid dienone is 17. The molecule has 0 aliphatic carbocycles. The number of carbonyl (C=O) groups excluding carboxylic acids is 2. The van der Waals surface area contributed by atoms with Gasteiger partial charge in [0.05, 0.1) is 25.4 Å². The first-order valence-electron chi connectivity index (χ1n) is 32.7. The van der Waals surface area contributed by atoms with Gasteiger partial charge in [-0.05, 0) is 77.0 Å². The van der Waals surface area contributed by atoms with E-state index in [1.807, 2.05) is 60.8 Å². The van der Waals surface area contributed by atoms with Gasteiger partial charge in [-0.1, -0.05) is 284 Å². The number of aliphatic hydroxyl groups is 5. The number of hydrogen-bond acceptors (Lipinski definition) is 10. The molecule has 1 amide bonds. The molecule has 11 nitrogen and oxygen atoms in total. The van der Waals surface area contributed by atoms with Crippen LogP contribution in [0.1, 0.15) is 258 Å². The molecule has 81 heavy (non-hydrogen) atoms. The van der Waals surface area contributed by atoms with Crippen molar-refractivity contribution in [3.8, 4) is 0 Å². The molecular weight excluding hydrogens is 1010 g/mol. The Morgan fingerprint density at radius 2 is 0.938 bits per heavy atom. The summed E-state index contributed by atoms with van der Waals surface area (Å²) in [4.78, 5) is 26.5. The molecule has 11 heteroatoms. The van der Waals surface area contributed by atoms with Crippen molar-refractivity contribution < 1.29 is 49.3 Å². The van der Waals surface area contributed by atoms with Crippen LogP contribution < -0.4 is 5.32 Å². The van der Waals surface area contributed by atoms with Crippen molar-refractivity contribution in [2.24, 2.45) is 0 Å². The van der Waals surface area contributed by atoms with E-state index >= 15 is 0 Å². The Hall–Kier alpha value is -3.68. The number of ether oxygens (including phenoxy) is 3. The highest BCUT2D eigenvalue weighted by atomic mass is 16.7. The van der Waals surface area contributed by atoms with E-state index in [1.54, 1.807) is 6.08 Å². The summed E-state index contributed by atoms with van der Waals surface area (Å²) in [6.45, 7) is 5.58. The van der Waals surface area contributed by atoms with Crippen LogP contribution >= 0.6 is 0 Å². The van der Waals surface area contributed by atoms with Crippen molar-refractivity contribution in [3.63, 3.8) is 0 Å². The van der Waals surface area contributed by atoms with Crippen LogP contribution in [0.15, 0.2) is 109 Å². The molecule has 1 aliphatic rings. The second kappa shape index (κ2) is 56.8. The zero-order valence-electron chi connectivity index (χ0n) is 51.4. The first-order valence-corrected chi connectivity index (χ1v) is 32.7. The number of esters is 1. The predicted molar refractivity (Wildman–Crippen MR) is 338 cm³/mol. The fourth-order valence-corrected chi connectivity index (χ4v) is 9.63. The van der Waals surface area contributed by atoms with Gasteiger partial charge in [-0.15, -0.1) is 0 Å². The smallest absolute Gasteiger partial charge is 0.306 e. The zero-order valence-corrected chi connectivity index (χ0v) is 51.4. The Labute approximate surface area is 494 Å². The molecule has 0 saturated carbocycles. The Bertz CT molecular complexity index is 1730. The number of nitrogens with one attached hydrogen (secondary N) is 1. The summed E-state index contributed by atoms with van der Waals surface area (Å²) < 4.78 is 17.5. The van der Waals surface area contributed by atoms with Crippen LogP contribution in [0.4, 0.5) is 0 Å². The van der Waals surface area contributed by atoms with E-state index in [4.69, 9.17) is 14.2 Å². The normalized spacial score (nSPS) is 19.4. The van der Waals surface area contributed by atoms with Gasteiger partial charge < -0.3 is 45.1 Å². The fraction of sp³-hybridized carbons (Fsp3) is 0.714. The Morgan fingerprint density at radius 3 is 1.46 bits per heavy atom. The molecule has 1 heterocycles. The monoisotopic (exact) mass is 1130 g/mol. The molecule has 6 N–H and O–H groups in total. The Balaban J connectivity index is 2.62. The quantitative estimate of drug-likeness (QED) is 0.0149. The molecule has 0 aromatic rings. The predicted octanol–water partition coefficient (Wildman–Crippen LogP) is 16.1. The topological polar surface area (TPSA) is 175 Å². The van der Waals surface area contributed by atoms with Gasteiger partial charge in [-0.25, -0.2) is 0 Å². The maximum absolute atomic E-state index is 13.5. The summed E-state index contributed by atoms with van der Waals surface area (Å²) in [5.41, 5.74) is 0. The molecule has 0 bridgehead atoms. The van der Waals surface area contributed by atoms with Gasteiger partial charge in [0.15, 0.2) is 12.4 Å². The van der Waals surface area contributed by atoms with Gasteiger partial charge in [0.25, 0.3) is 0 Å². The van der Waals surface area contributed by atoms with E-state index < -0.39 is 67.4 Å². The molecule has 8 unspecified atom stereocenters. The van der Waals surface area contributed by atoms with Crippen molar-refractivity contribution in [2.75, 3.05) is 13.2 Å². The number of unbranched alkanes of at least 4 members (excludes halogenated alkanes) is 28. The van der Waals surface area contributed by atoms with Gasteiger partial charge in [-0.2, -0.15) is 0 Å². The second-order valence-corrected chi connectivity index (χ2v) is 22.2. The summed E-state index contributed by atoms with van der Waals surface area (Å²) in [7, 11) is 0. The number of hydrogen-bond donors (Lipinski definition) is 6. The van der Waals surface area contributed by atoms with Gasteiger partial charge in [0, 0.05) is 6.42 Å². The molecular formula is C70H119NO10. The highest BCUT2D eigenvalue weighted by Crippen LogP contribution is 2.26. The van der Waals surface area contributed by atoms with Crippen LogP contribution in [0, 0.1) is 0 Å². The number of carbonyl (C=O) groups is 2. The highest BCUT2D eigenvalue weighted by Gasteiger charge is 2.47. The van der Waals surface area contributed by atoms with Gasteiger partial charge in [0.2, 0.25) is 5.91 Å². The lowest BCUT2D eigenvalue weighted by molar-refractivity contribution is -0.305. The van der Waals surface area contributed by atoms with Crippen molar-refractivity contribution in [1.82, 2.24) is 5.32 Å². The molecule has 0 aromatic carbocycles. The number of amides is 1. The third kappa shape index (κ3) is 44.5. The van der Waals surface area contributed by atoms with E-state index in [9.17, 15) is 35.1 Å². The SMILES string of the molecule is CC/C=C/C=C/C=C\C=C/C=C/CCCC(=O)OC1C(OCC(NC(=O)C(O)CCCCCCCCCCCCCCC/C=C\C/C=C\C/C=C\CCCCC)C(O)/C=C/CCCCCCCCCCCCC)OC(CO)C(O)C1O. The minimum atomic E-state index is -1.65. The van der Waals surface area contributed by atoms with E-state index in [-0.39, 0.29) is 19.4 Å². The Kier molecular flexibility index (Phi) is 52.8. The average Bonchev–Trinajstić information content (AvgIpc) is 3.50. The van der Waals surface area contributed by atoms with Crippen LogP contribution in [-0.4, -0.2) is 99.6 Å². The molecule has 1 rings (SSSR count). The zero-order chi connectivity index (χ0) is 58.9. The number of rotatable bonds is 54. The maximum atomic E-state index is 13.5. The third-order valence-electron chi connectivity index (χ3n) is 14.8. The van der Waals surface area contributed by atoms with Crippen molar-refractivity contribution in [3.05, 3.63) is 109 Å². The largest absolute Gasteiger partial charge is 0.454 e. The molecule has 0 spiro atoms. The molecule has 8 atom stereocenters. The standard InChI is InChI=1S/C70H119NO10/c1-4-7-10-13-16-19-22-25-26-27-28-29-30-31-32-33-34-35-36-37-40-42-45-48-51-54-57-63(74)69(78)71-61(62(73)56-53-50-47-44-41-38-23-20-17-14-11-8-5-2)60-79-70-68(67(77)66(76)64(59-72)80-70)81-65(75)58-55-52-49-46-43-39-24-21-18-15-12-9-6-3/h9,12,15-16,18-19,21,24-26,28-29,39,43,46,49,53,56,61-64,66-68,70,72-74,76-77H,4-8,10-11,13-14,17,20,22-23,27,30-38,40-42,44-45,47-48,50-52,54-55,57-60H2,1-3H3,(H,71,78)/b12-9+,18-15+,19-16-,24-21-,26-25-,29-28-,43-39-,49-46+,56-53+. The van der Waals surface area contributed by atoms with E-state index in [0.29, 0.717) is 19.3 Å². The molecule has 1 fully saturated rings. The van der Waals surface area contributed by atoms with Crippen LogP contribution in [0.25, 0.3) is 0 Å². The molecule has 0 aromatic heterocycles. The summed E-state index contributed by atoms with van der Waals surface area (Å²) in [5, 5.41) is 57.0. The van der Waals surface area contributed by atoms with E-state index in [1.165, 1.54) is 141 Å². The summed E-state index contributed by atoms with van der Waals surface area (Å²) >= 11 is 0. The van der Waals surface area contributed by atoms with Crippen molar-refractivity contribution in [2.45, 2.75) is 307 Å². The lowest BCUT2D eigenvalue weighted by Crippen LogP contribution is -2.61. The highest BCUT2D eigenvalue weighted by molar-refractivity contribution is 5.80. The van der Waals surface area contributed by atoms with Crippen LogP contribution in [0.5, 0.6) is 0 Å². The molecule has 1 aliphatic heterocycles. The molecule has 464 valence electrons. The summed E-state index contributed by atoms with van der Waals surface area (Å²) in [6, 6.07) is -1.05. The van der Waals surface area contributed by atoms with Gasteiger partial charge in [-0.3, -0.25) is 9.59 Å². The van der Waals surface area contributed by atoms with Crippen LogP contribution in [0.2, 0.25) is 0 Å². The third-order valence-corrected chi connectivity index (χ3v) is 14.8. The first kappa shape index (κ1) is 75.3. The first-order chi connectivity index (χ1) is 39.7. The fourth-order valence-electron chi connectivity index (χ4n) is 9.63. The van der Waals surface area contributed by atoms with Crippen LogP contribution in [-0.2, 0) is 23.8 Å². The van der Waals surface area contributed by atoms with Crippen molar-refractivity contribution >= 4 is 11.9 Å². The lowest BCUT2D eigenvalue weighted by atomic mass is 9.99. The van der Waals surface area contributed by atoms with E-state index in [0.717, 1.165) is 64.2 Å².